The standard InChI is InChI=1S/C52H34N4/c1-6-17-35(18-7-1)41-31-42(36-19-8-2-9-20-36)33-43(32-41)52-55-50(39-25-14-5-15-26-39)54-51(56-52)40-29-30-45-47(34-40)53-49(38-23-12-4-13-24-38)46-28-16-27-44(48(45)46)37-21-10-3-11-22-37/h1-34H. The molecule has 2 heterocycles. The van der Waals surface area contributed by atoms with Gasteiger partial charge in [0.25, 0.3) is 0 Å². The second kappa shape index (κ2) is 14.3. The molecule has 0 unspecified atom stereocenters. The molecule has 0 amide bonds. The molecule has 0 fully saturated rings. The van der Waals surface area contributed by atoms with Crippen molar-refractivity contribution in [3.63, 3.8) is 0 Å². The van der Waals surface area contributed by atoms with Gasteiger partial charge in [-0.2, -0.15) is 0 Å². The van der Waals surface area contributed by atoms with Crippen LogP contribution in [0.15, 0.2) is 206 Å². The van der Waals surface area contributed by atoms with Crippen molar-refractivity contribution in [2.24, 2.45) is 0 Å². The van der Waals surface area contributed by atoms with E-state index >= 15 is 0 Å². The highest BCUT2D eigenvalue weighted by Crippen LogP contribution is 2.40. The molecule has 2 aromatic heterocycles. The van der Waals surface area contributed by atoms with Gasteiger partial charge in [0.15, 0.2) is 17.5 Å². The number of hydrogen-bond donors (Lipinski definition) is 0. The van der Waals surface area contributed by atoms with Gasteiger partial charge < -0.3 is 0 Å². The van der Waals surface area contributed by atoms with E-state index in [0.717, 1.165) is 72.1 Å². The Morgan fingerprint density at radius 1 is 0.250 bits per heavy atom. The predicted octanol–water partition coefficient (Wildman–Crippen LogP) is 13.2. The Balaban J connectivity index is 1.21. The van der Waals surface area contributed by atoms with Crippen LogP contribution in [-0.4, -0.2) is 19.9 Å². The molecule has 0 bridgehead atoms. The summed E-state index contributed by atoms with van der Waals surface area (Å²) in [7, 11) is 0. The largest absolute Gasteiger partial charge is 0.247 e. The van der Waals surface area contributed by atoms with Gasteiger partial charge in [-0.3, -0.25) is 0 Å². The maximum absolute atomic E-state index is 5.37. The van der Waals surface area contributed by atoms with E-state index in [1.54, 1.807) is 0 Å². The summed E-state index contributed by atoms with van der Waals surface area (Å²) in [6, 6.07) is 71.6. The third-order valence-corrected chi connectivity index (χ3v) is 10.3. The van der Waals surface area contributed by atoms with Gasteiger partial charge in [0, 0.05) is 38.4 Å². The molecular weight excluding hydrogens is 681 g/mol. The van der Waals surface area contributed by atoms with E-state index in [9.17, 15) is 0 Å². The summed E-state index contributed by atoms with van der Waals surface area (Å²) in [5.41, 5.74) is 12.3. The lowest BCUT2D eigenvalue weighted by molar-refractivity contribution is 1.07. The lowest BCUT2D eigenvalue weighted by Crippen LogP contribution is -2.01. The van der Waals surface area contributed by atoms with Gasteiger partial charge in [-0.1, -0.05) is 182 Å². The monoisotopic (exact) mass is 714 g/mol. The van der Waals surface area contributed by atoms with Gasteiger partial charge in [0.2, 0.25) is 0 Å². The molecule has 0 atom stereocenters. The van der Waals surface area contributed by atoms with Crippen LogP contribution in [0.2, 0.25) is 0 Å². The Bertz CT molecular complexity index is 2930. The number of fused-ring (bicyclic) bond motifs is 3. The molecule has 0 saturated carbocycles. The van der Waals surface area contributed by atoms with Gasteiger partial charge in [-0.05, 0) is 57.6 Å². The Hall–Kier alpha value is -7.56. The molecule has 0 aliphatic heterocycles. The molecule has 0 aliphatic rings. The first kappa shape index (κ1) is 33.0. The first-order valence-corrected chi connectivity index (χ1v) is 18.8. The van der Waals surface area contributed by atoms with Crippen molar-refractivity contribution in [3.8, 4) is 78.8 Å². The van der Waals surface area contributed by atoms with Crippen LogP contribution in [0.25, 0.3) is 100 Å². The number of pyridine rings is 1. The van der Waals surface area contributed by atoms with Crippen LogP contribution < -0.4 is 0 Å². The summed E-state index contributed by atoms with van der Waals surface area (Å²) < 4.78 is 0. The average Bonchev–Trinajstić information content (AvgIpc) is 3.29. The minimum absolute atomic E-state index is 0.585. The molecule has 8 aromatic carbocycles. The number of hydrogen-bond acceptors (Lipinski definition) is 4. The van der Waals surface area contributed by atoms with Gasteiger partial charge >= 0.3 is 0 Å². The van der Waals surface area contributed by atoms with E-state index in [2.05, 4.69) is 158 Å². The van der Waals surface area contributed by atoms with Crippen molar-refractivity contribution in [1.82, 2.24) is 19.9 Å². The molecule has 4 nitrogen and oxygen atoms in total. The van der Waals surface area contributed by atoms with E-state index < -0.39 is 0 Å². The molecule has 0 aliphatic carbocycles. The molecule has 4 heteroatoms. The van der Waals surface area contributed by atoms with Crippen molar-refractivity contribution < 1.29 is 0 Å². The highest BCUT2D eigenvalue weighted by molar-refractivity contribution is 6.17. The third-order valence-electron chi connectivity index (χ3n) is 10.3. The van der Waals surface area contributed by atoms with Gasteiger partial charge in [-0.15, -0.1) is 0 Å². The summed E-state index contributed by atoms with van der Waals surface area (Å²) >= 11 is 0. The molecule has 0 radical (unpaired) electrons. The zero-order chi connectivity index (χ0) is 37.3. The SMILES string of the molecule is c1ccc(-c2cc(-c3ccccc3)cc(-c3nc(-c4ccccc4)nc(-c4ccc5c(c4)nc(-c4ccccc4)c4cccc(-c6ccccc6)c45)n3)c2)cc1. The van der Waals surface area contributed by atoms with E-state index in [0.29, 0.717) is 17.5 Å². The van der Waals surface area contributed by atoms with E-state index in [1.165, 1.54) is 10.9 Å². The first-order valence-electron chi connectivity index (χ1n) is 18.8. The summed E-state index contributed by atoms with van der Waals surface area (Å²) in [5, 5.41) is 3.35. The van der Waals surface area contributed by atoms with Gasteiger partial charge in [-0.25, -0.2) is 19.9 Å². The van der Waals surface area contributed by atoms with Crippen molar-refractivity contribution >= 4 is 21.7 Å². The van der Waals surface area contributed by atoms with Gasteiger partial charge in [0.05, 0.1) is 11.2 Å². The zero-order valence-electron chi connectivity index (χ0n) is 30.4. The highest BCUT2D eigenvalue weighted by atomic mass is 15.0. The number of rotatable bonds is 7. The van der Waals surface area contributed by atoms with Gasteiger partial charge in [0.1, 0.15) is 0 Å². The maximum atomic E-state index is 5.37. The molecule has 10 aromatic rings. The van der Waals surface area contributed by atoms with E-state index in [4.69, 9.17) is 19.9 Å². The second-order valence-corrected chi connectivity index (χ2v) is 13.9. The summed E-state index contributed by atoms with van der Waals surface area (Å²) in [5.74, 6) is 1.80. The summed E-state index contributed by atoms with van der Waals surface area (Å²) in [4.78, 5) is 20.9. The highest BCUT2D eigenvalue weighted by Gasteiger charge is 2.18. The molecule has 56 heavy (non-hydrogen) atoms. The Morgan fingerprint density at radius 3 is 1.29 bits per heavy atom. The van der Waals surface area contributed by atoms with Crippen molar-refractivity contribution in [3.05, 3.63) is 206 Å². The lowest BCUT2D eigenvalue weighted by Gasteiger charge is -2.15. The Labute approximate surface area is 325 Å². The van der Waals surface area contributed by atoms with Crippen LogP contribution in [0.4, 0.5) is 0 Å². The minimum atomic E-state index is 0.585. The number of nitrogens with zero attached hydrogens (tertiary/aromatic N) is 4. The lowest BCUT2D eigenvalue weighted by atomic mass is 9.92. The zero-order valence-corrected chi connectivity index (χ0v) is 30.4. The van der Waals surface area contributed by atoms with Crippen LogP contribution >= 0.6 is 0 Å². The Morgan fingerprint density at radius 2 is 0.714 bits per heavy atom. The smallest absolute Gasteiger partial charge is 0.164 e. The van der Waals surface area contributed by atoms with Crippen molar-refractivity contribution in [2.75, 3.05) is 0 Å². The molecule has 262 valence electrons. The first-order chi connectivity index (χ1) is 27.7. The predicted molar refractivity (Wildman–Crippen MR) is 231 cm³/mol. The molecular formula is C52H34N4. The topological polar surface area (TPSA) is 51.6 Å². The maximum Gasteiger partial charge on any atom is 0.164 e. The van der Waals surface area contributed by atoms with Crippen LogP contribution in [0.3, 0.4) is 0 Å². The normalized spacial score (nSPS) is 11.2. The molecule has 10 rings (SSSR count). The average molecular weight is 715 g/mol. The summed E-state index contributed by atoms with van der Waals surface area (Å²) in [6.45, 7) is 0. The van der Waals surface area contributed by atoms with Crippen LogP contribution in [0.5, 0.6) is 0 Å². The fourth-order valence-corrected chi connectivity index (χ4v) is 7.57. The number of aromatic nitrogens is 4. The Kier molecular flexibility index (Phi) is 8.47. The fraction of sp³-hybridized carbons (Fsp3) is 0. The summed E-state index contributed by atoms with van der Waals surface area (Å²) in [6.07, 6.45) is 0. The minimum Gasteiger partial charge on any atom is -0.247 e. The molecule has 0 N–H and O–H groups in total. The van der Waals surface area contributed by atoms with Crippen LogP contribution in [-0.2, 0) is 0 Å². The van der Waals surface area contributed by atoms with Crippen molar-refractivity contribution in [1.29, 1.82) is 0 Å². The van der Waals surface area contributed by atoms with Crippen LogP contribution in [0.1, 0.15) is 0 Å². The van der Waals surface area contributed by atoms with E-state index in [1.807, 2.05) is 48.5 Å². The fourth-order valence-electron chi connectivity index (χ4n) is 7.57. The molecule has 0 saturated heterocycles. The van der Waals surface area contributed by atoms with Crippen molar-refractivity contribution in [2.45, 2.75) is 0 Å². The quantitative estimate of drug-likeness (QED) is 0.154. The molecule has 0 spiro atoms. The number of benzene rings is 8. The second-order valence-electron chi connectivity index (χ2n) is 13.9. The van der Waals surface area contributed by atoms with Crippen LogP contribution in [0, 0.1) is 0 Å². The van der Waals surface area contributed by atoms with E-state index in [-0.39, 0.29) is 0 Å². The third kappa shape index (κ3) is 6.29.